The molecule has 0 aromatic heterocycles. The molecule has 14 nitrogen and oxygen atoms in total. The zero-order chi connectivity index (χ0) is 43.5. The minimum absolute atomic E-state index is 0.0254. The molecule has 2 aliphatic rings. The van der Waals surface area contributed by atoms with Gasteiger partial charge in [-0.15, -0.1) is 0 Å². The van der Waals surface area contributed by atoms with E-state index >= 15 is 0 Å². The monoisotopic (exact) mass is 868 g/mol. The molecular weight excluding hydrogens is 795 g/mol. The summed E-state index contributed by atoms with van der Waals surface area (Å²) in [4.78, 5) is 7.00. The van der Waals surface area contributed by atoms with Gasteiger partial charge >= 0.3 is 0 Å². The first kappa shape index (κ1) is 49.6. The number of aliphatic hydroxyl groups is 2. The summed E-state index contributed by atoms with van der Waals surface area (Å²) in [7, 11) is 4.13. The van der Waals surface area contributed by atoms with Gasteiger partial charge < -0.3 is 67.5 Å². The van der Waals surface area contributed by atoms with Crippen molar-refractivity contribution in [3.05, 3.63) is 88.5 Å². The third kappa shape index (κ3) is 17.6. The minimum Gasteiger partial charge on any atom is -0.394 e. The van der Waals surface area contributed by atoms with Crippen molar-refractivity contribution in [1.29, 1.82) is 0 Å². The van der Waals surface area contributed by atoms with Crippen molar-refractivity contribution in [2.75, 3.05) is 174 Å². The Labute approximate surface area is 369 Å². The second kappa shape index (κ2) is 29.9. The predicted octanol–water partition coefficient (Wildman–Crippen LogP) is 4.68. The van der Waals surface area contributed by atoms with Gasteiger partial charge in [0.15, 0.2) is 0 Å². The smallest absolute Gasteiger partial charge is 0.108 e. The van der Waals surface area contributed by atoms with E-state index < -0.39 is 0 Å². The molecule has 0 fully saturated rings. The topological polar surface area (TPSA) is 133 Å². The lowest BCUT2D eigenvalue weighted by molar-refractivity contribution is -0.00491. The molecule has 0 saturated carbocycles. The zero-order valence-electron chi connectivity index (χ0n) is 37.4. The molecule has 0 aliphatic carbocycles. The number of rotatable bonds is 34. The normalized spacial score (nSPS) is 14.3. The molecule has 62 heavy (non-hydrogen) atoms. The zero-order valence-corrected chi connectivity index (χ0v) is 37.4. The van der Waals surface area contributed by atoms with Crippen molar-refractivity contribution in [3.63, 3.8) is 0 Å². The van der Waals surface area contributed by atoms with E-state index in [1.165, 1.54) is 33.6 Å². The Morgan fingerprint density at radius 1 is 0.500 bits per heavy atom. The maximum Gasteiger partial charge on any atom is 0.108 e. The van der Waals surface area contributed by atoms with Crippen LogP contribution in [0.5, 0.6) is 0 Å². The lowest BCUT2D eigenvalue weighted by Crippen LogP contribution is -2.33. The SMILES string of the molecule is CN(C)c1ccc(C(OCc2ccc3c(c2)CCCN3CCOCCOCCOCCOCCO)c2ccc3c(c2)CCCN3CCOCCOCCOCCOCCO)cc1. The Kier molecular flexibility index (Phi) is 23.9. The first-order chi connectivity index (χ1) is 30.6. The molecule has 3 aromatic carbocycles. The highest BCUT2D eigenvalue weighted by Crippen LogP contribution is 2.35. The molecule has 0 saturated heterocycles. The Morgan fingerprint density at radius 2 is 0.919 bits per heavy atom. The summed E-state index contributed by atoms with van der Waals surface area (Å²) in [5, 5.41) is 17.5. The molecular formula is C48H73N3O11. The van der Waals surface area contributed by atoms with E-state index in [2.05, 4.69) is 89.5 Å². The highest BCUT2D eigenvalue weighted by Gasteiger charge is 2.23. The molecule has 2 N–H and O–H groups in total. The van der Waals surface area contributed by atoms with Crippen LogP contribution < -0.4 is 14.7 Å². The van der Waals surface area contributed by atoms with E-state index in [1.807, 2.05) is 0 Å². The van der Waals surface area contributed by atoms with Crippen molar-refractivity contribution in [3.8, 4) is 0 Å². The van der Waals surface area contributed by atoms with E-state index in [4.69, 9.17) is 52.8 Å². The second-order valence-corrected chi connectivity index (χ2v) is 15.6. The third-order valence-electron chi connectivity index (χ3n) is 10.8. The lowest BCUT2D eigenvalue weighted by Gasteiger charge is -2.32. The van der Waals surface area contributed by atoms with Gasteiger partial charge in [-0.1, -0.05) is 36.4 Å². The molecule has 14 heteroatoms. The van der Waals surface area contributed by atoms with E-state index in [0.717, 1.165) is 63.1 Å². The van der Waals surface area contributed by atoms with E-state index in [1.54, 1.807) is 0 Å². The van der Waals surface area contributed by atoms with Gasteiger partial charge in [-0.2, -0.15) is 0 Å². The van der Waals surface area contributed by atoms with Gasteiger partial charge in [-0.25, -0.2) is 0 Å². The average Bonchev–Trinajstić information content (AvgIpc) is 3.29. The van der Waals surface area contributed by atoms with Crippen LogP contribution >= 0.6 is 0 Å². The average molecular weight is 868 g/mol. The van der Waals surface area contributed by atoms with Crippen LogP contribution in [0.3, 0.4) is 0 Å². The number of hydrogen-bond acceptors (Lipinski definition) is 14. The highest BCUT2D eigenvalue weighted by atomic mass is 16.6. The van der Waals surface area contributed by atoms with Crippen LogP contribution in [-0.2, 0) is 62.1 Å². The van der Waals surface area contributed by atoms with Gasteiger partial charge in [0.2, 0.25) is 0 Å². The number of ether oxygens (including phenoxy) is 9. The maximum atomic E-state index is 8.74. The molecule has 346 valence electrons. The van der Waals surface area contributed by atoms with Gasteiger partial charge in [0.1, 0.15) is 6.10 Å². The van der Waals surface area contributed by atoms with Crippen LogP contribution in [0, 0.1) is 0 Å². The molecule has 0 amide bonds. The number of fused-ring (bicyclic) bond motifs is 2. The molecule has 0 bridgehead atoms. The Bertz CT molecular complexity index is 1630. The van der Waals surface area contributed by atoms with Gasteiger partial charge in [0.25, 0.3) is 0 Å². The Balaban J connectivity index is 1.09. The number of aryl methyl sites for hydroxylation is 2. The molecule has 0 spiro atoms. The first-order valence-corrected chi connectivity index (χ1v) is 22.5. The standard InChI is InChI=1S/C48H73N3O11/c1-49(2)45-11-8-41(9-12-45)48(44-10-14-47-43(38-44)6-4-16-51(47)18-22-55-26-30-59-34-36-61-32-28-57-24-20-53)62-39-40-7-13-46-42(37-40)5-3-15-50(46)17-21-54-25-29-58-33-35-60-31-27-56-23-19-52/h7-14,37-38,48,52-53H,3-6,15-36,39H2,1-2H3. The maximum absolute atomic E-state index is 8.74. The molecule has 3 aromatic rings. The predicted molar refractivity (Wildman–Crippen MR) is 242 cm³/mol. The van der Waals surface area contributed by atoms with Crippen LogP contribution in [0.4, 0.5) is 17.1 Å². The van der Waals surface area contributed by atoms with Crippen molar-refractivity contribution in [1.82, 2.24) is 0 Å². The first-order valence-electron chi connectivity index (χ1n) is 22.5. The van der Waals surface area contributed by atoms with E-state index in [-0.39, 0.29) is 19.3 Å². The molecule has 1 unspecified atom stereocenters. The van der Waals surface area contributed by atoms with Gasteiger partial charge in [0, 0.05) is 57.3 Å². The fraction of sp³-hybridized carbons (Fsp3) is 0.625. The van der Waals surface area contributed by atoms with Crippen LogP contribution in [0.25, 0.3) is 0 Å². The van der Waals surface area contributed by atoms with Crippen LogP contribution in [0.2, 0.25) is 0 Å². The summed E-state index contributed by atoms with van der Waals surface area (Å²) in [5.74, 6) is 0. The fourth-order valence-corrected chi connectivity index (χ4v) is 7.65. The van der Waals surface area contributed by atoms with Gasteiger partial charge in [-0.3, -0.25) is 0 Å². The largest absolute Gasteiger partial charge is 0.394 e. The third-order valence-corrected chi connectivity index (χ3v) is 10.8. The Hall–Kier alpha value is -3.38. The summed E-state index contributed by atoms with van der Waals surface area (Å²) in [6, 6.07) is 22.4. The molecule has 5 rings (SSSR count). The number of benzene rings is 3. The van der Waals surface area contributed by atoms with Gasteiger partial charge in [0.05, 0.1) is 126 Å². The Morgan fingerprint density at radius 3 is 1.39 bits per heavy atom. The van der Waals surface area contributed by atoms with Crippen molar-refractivity contribution < 1.29 is 52.8 Å². The quantitative estimate of drug-likeness (QED) is 0.0806. The van der Waals surface area contributed by atoms with Crippen molar-refractivity contribution >= 4 is 17.1 Å². The van der Waals surface area contributed by atoms with Crippen LogP contribution in [0.1, 0.15) is 46.8 Å². The number of hydrogen-bond donors (Lipinski definition) is 2. The number of nitrogens with zero attached hydrogens (tertiary/aromatic N) is 3. The second-order valence-electron chi connectivity index (χ2n) is 15.6. The molecule has 2 heterocycles. The van der Waals surface area contributed by atoms with Crippen molar-refractivity contribution in [2.24, 2.45) is 0 Å². The number of anilines is 3. The molecule has 0 radical (unpaired) electrons. The minimum atomic E-state index is -0.210. The summed E-state index contributed by atoms with van der Waals surface area (Å²) < 4.78 is 51.3. The summed E-state index contributed by atoms with van der Waals surface area (Å²) in [5.41, 5.74) is 9.92. The summed E-state index contributed by atoms with van der Waals surface area (Å²) >= 11 is 0. The van der Waals surface area contributed by atoms with Gasteiger partial charge in [-0.05, 0) is 77.8 Å². The number of aliphatic hydroxyl groups excluding tert-OH is 2. The summed E-state index contributed by atoms with van der Waals surface area (Å²) in [6.45, 7) is 12.4. The summed E-state index contributed by atoms with van der Waals surface area (Å²) in [6.07, 6.45) is 4.09. The van der Waals surface area contributed by atoms with Crippen LogP contribution in [-0.4, -0.2) is 169 Å². The van der Waals surface area contributed by atoms with E-state index in [9.17, 15) is 0 Å². The van der Waals surface area contributed by atoms with Crippen LogP contribution in [0.15, 0.2) is 60.7 Å². The van der Waals surface area contributed by atoms with E-state index in [0.29, 0.717) is 112 Å². The lowest BCUT2D eigenvalue weighted by atomic mass is 9.94. The molecule has 2 aliphatic heterocycles. The highest BCUT2D eigenvalue weighted by molar-refractivity contribution is 5.59. The van der Waals surface area contributed by atoms with Crippen molar-refractivity contribution in [2.45, 2.75) is 38.4 Å². The fourth-order valence-electron chi connectivity index (χ4n) is 7.65. The molecule has 1 atom stereocenters.